The number of halogens is 2. The zero-order valence-electron chi connectivity index (χ0n) is 4.12. The van der Waals surface area contributed by atoms with Crippen molar-refractivity contribution in [3.63, 3.8) is 0 Å². The van der Waals surface area contributed by atoms with Gasteiger partial charge in [0.05, 0.1) is 10.1 Å². The molecule has 1 nitrogen and oxygen atoms in total. The monoisotopic (exact) mass is 149 g/mol. The van der Waals surface area contributed by atoms with E-state index >= 15 is 0 Å². The molecule has 0 aliphatic heterocycles. The molecular weight excluding hydrogens is 145 g/mol. The first-order valence-corrected chi connectivity index (χ1v) is 2.66. The van der Waals surface area contributed by atoms with Gasteiger partial charge in [-0.15, -0.1) is 0 Å². The lowest BCUT2D eigenvalue weighted by molar-refractivity contribution is 1.57. The van der Waals surface area contributed by atoms with Gasteiger partial charge in [0.1, 0.15) is 0 Å². The second kappa shape index (κ2) is 3.70. The number of hydrogen-bond donors (Lipinski definition) is 1. The van der Waals surface area contributed by atoms with Crippen molar-refractivity contribution in [1.29, 1.82) is 5.41 Å². The third-order valence-corrected chi connectivity index (χ3v) is 1.30. The SMILES string of the molecule is C=C/C(Cl)=C(/Cl)C=N. The van der Waals surface area contributed by atoms with Crippen LogP contribution in [-0.4, -0.2) is 6.21 Å². The summed E-state index contributed by atoms with van der Waals surface area (Å²) in [6.45, 7) is 3.35. The molecule has 0 aliphatic rings. The van der Waals surface area contributed by atoms with Gasteiger partial charge >= 0.3 is 0 Å². The molecule has 1 N–H and O–H groups in total. The molecule has 0 aliphatic carbocycles. The average Bonchev–Trinajstić information content (AvgIpc) is 1.84. The van der Waals surface area contributed by atoms with E-state index in [1.807, 2.05) is 0 Å². The van der Waals surface area contributed by atoms with Crippen LogP contribution in [-0.2, 0) is 0 Å². The first kappa shape index (κ1) is 7.73. The van der Waals surface area contributed by atoms with Crippen molar-refractivity contribution in [2.24, 2.45) is 0 Å². The first-order valence-electron chi connectivity index (χ1n) is 1.90. The molecule has 0 rings (SSSR count). The Morgan fingerprint density at radius 1 is 1.38 bits per heavy atom. The Morgan fingerprint density at radius 3 is 2.00 bits per heavy atom. The van der Waals surface area contributed by atoms with Gasteiger partial charge in [-0.3, -0.25) is 0 Å². The second-order valence-electron chi connectivity index (χ2n) is 1.04. The van der Waals surface area contributed by atoms with Gasteiger partial charge in [-0.2, -0.15) is 0 Å². The molecule has 0 spiro atoms. The highest BCUT2D eigenvalue weighted by Crippen LogP contribution is 2.11. The molecule has 8 heavy (non-hydrogen) atoms. The summed E-state index contributed by atoms with van der Waals surface area (Å²) in [5, 5.41) is 7.11. The van der Waals surface area contributed by atoms with Gasteiger partial charge in [0.2, 0.25) is 0 Å². The second-order valence-corrected chi connectivity index (χ2v) is 1.86. The number of allylic oxidation sites excluding steroid dienone is 3. The Bertz CT molecular complexity index is 121. The van der Waals surface area contributed by atoms with Gasteiger partial charge in [0.25, 0.3) is 0 Å². The lowest BCUT2D eigenvalue weighted by Gasteiger charge is -1.85. The van der Waals surface area contributed by atoms with Crippen molar-refractivity contribution in [2.45, 2.75) is 0 Å². The molecule has 44 valence electrons. The van der Waals surface area contributed by atoms with Crippen LogP contribution in [0.5, 0.6) is 0 Å². The van der Waals surface area contributed by atoms with Crippen LogP contribution in [0.15, 0.2) is 22.7 Å². The summed E-state index contributed by atoms with van der Waals surface area (Å²) in [5.41, 5.74) is 0. The number of hydrogen-bond acceptors (Lipinski definition) is 1. The van der Waals surface area contributed by atoms with E-state index in [1.54, 1.807) is 0 Å². The first-order chi connectivity index (χ1) is 3.72. The maximum Gasteiger partial charge on any atom is 0.0767 e. The van der Waals surface area contributed by atoms with Gasteiger partial charge in [0, 0.05) is 6.21 Å². The minimum atomic E-state index is 0.210. The molecule has 0 aromatic carbocycles. The van der Waals surface area contributed by atoms with Crippen LogP contribution in [0.4, 0.5) is 0 Å². The molecule has 0 aromatic heterocycles. The van der Waals surface area contributed by atoms with Gasteiger partial charge < -0.3 is 5.41 Å². The molecule has 0 saturated heterocycles. The quantitative estimate of drug-likeness (QED) is 0.461. The van der Waals surface area contributed by atoms with E-state index in [2.05, 4.69) is 6.58 Å². The van der Waals surface area contributed by atoms with E-state index in [0.717, 1.165) is 6.21 Å². The van der Waals surface area contributed by atoms with Crippen LogP contribution < -0.4 is 0 Å². The lowest BCUT2D eigenvalue weighted by Crippen LogP contribution is -1.72. The van der Waals surface area contributed by atoms with Crippen LogP contribution in [0.3, 0.4) is 0 Å². The van der Waals surface area contributed by atoms with Gasteiger partial charge in [0.15, 0.2) is 0 Å². The zero-order chi connectivity index (χ0) is 6.57. The van der Waals surface area contributed by atoms with E-state index in [9.17, 15) is 0 Å². The Balaban J connectivity index is 4.25. The van der Waals surface area contributed by atoms with Crippen molar-refractivity contribution in [2.75, 3.05) is 0 Å². The van der Waals surface area contributed by atoms with Gasteiger partial charge in [-0.25, -0.2) is 0 Å². The fourth-order valence-corrected chi connectivity index (χ4v) is 0.298. The molecule has 0 radical (unpaired) electrons. The third-order valence-electron chi connectivity index (χ3n) is 0.534. The zero-order valence-corrected chi connectivity index (χ0v) is 5.63. The summed E-state index contributed by atoms with van der Waals surface area (Å²) in [5.74, 6) is 0. The summed E-state index contributed by atoms with van der Waals surface area (Å²) >= 11 is 10.7. The Kier molecular flexibility index (Phi) is 3.57. The summed E-state index contributed by atoms with van der Waals surface area (Å²) < 4.78 is 0. The number of rotatable bonds is 2. The minimum absolute atomic E-state index is 0.210. The largest absolute Gasteiger partial charge is 0.307 e. The van der Waals surface area contributed by atoms with E-state index in [1.165, 1.54) is 6.08 Å². The maximum absolute atomic E-state index is 6.60. The summed E-state index contributed by atoms with van der Waals surface area (Å²) in [4.78, 5) is 0. The highest BCUT2D eigenvalue weighted by Gasteiger charge is 1.89. The van der Waals surface area contributed by atoms with Crippen molar-refractivity contribution in [1.82, 2.24) is 0 Å². The third kappa shape index (κ3) is 2.15. The van der Waals surface area contributed by atoms with Crippen LogP contribution in [0.1, 0.15) is 0 Å². The van der Waals surface area contributed by atoms with Crippen molar-refractivity contribution in [3.05, 3.63) is 22.7 Å². The van der Waals surface area contributed by atoms with Gasteiger partial charge in [-0.1, -0.05) is 29.8 Å². The fraction of sp³-hybridized carbons (Fsp3) is 0. The minimum Gasteiger partial charge on any atom is -0.307 e. The smallest absolute Gasteiger partial charge is 0.0767 e. The summed E-state index contributed by atoms with van der Waals surface area (Å²) in [6, 6.07) is 0. The number of nitrogens with one attached hydrogen (secondary N) is 1. The molecule has 0 amide bonds. The highest BCUT2D eigenvalue weighted by atomic mass is 35.5. The fourth-order valence-electron chi connectivity index (χ4n) is 0.166. The Hall–Kier alpha value is -0.270. The topological polar surface area (TPSA) is 23.9 Å². The summed E-state index contributed by atoms with van der Waals surface area (Å²) in [7, 11) is 0. The van der Waals surface area contributed by atoms with E-state index in [0.29, 0.717) is 5.03 Å². The molecular formula is C5H5Cl2N. The molecule has 0 heterocycles. The van der Waals surface area contributed by atoms with Crippen LogP contribution in [0.25, 0.3) is 0 Å². The highest BCUT2D eigenvalue weighted by molar-refractivity contribution is 6.46. The molecule has 0 bridgehead atoms. The molecule has 0 fully saturated rings. The molecule has 3 heteroatoms. The molecule has 0 unspecified atom stereocenters. The summed E-state index contributed by atoms with van der Waals surface area (Å²) in [6.07, 6.45) is 2.35. The normalized spacial score (nSPS) is 12.2. The van der Waals surface area contributed by atoms with Crippen LogP contribution >= 0.6 is 23.2 Å². The van der Waals surface area contributed by atoms with Crippen LogP contribution in [0, 0.1) is 5.41 Å². The van der Waals surface area contributed by atoms with Crippen molar-refractivity contribution >= 4 is 29.4 Å². The molecule has 0 saturated carbocycles. The van der Waals surface area contributed by atoms with E-state index < -0.39 is 0 Å². The predicted octanol–water partition coefficient (Wildman–Crippen LogP) is 2.51. The van der Waals surface area contributed by atoms with Gasteiger partial charge in [-0.05, 0) is 6.08 Å². The molecule has 0 atom stereocenters. The van der Waals surface area contributed by atoms with Crippen molar-refractivity contribution in [3.8, 4) is 0 Å². The predicted molar refractivity (Wildman–Crippen MR) is 37.7 cm³/mol. The van der Waals surface area contributed by atoms with Crippen LogP contribution in [0.2, 0.25) is 0 Å². The van der Waals surface area contributed by atoms with Crippen molar-refractivity contribution < 1.29 is 0 Å². The Labute approximate surface area is 58.1 Å². The molecule has 0 aromatic rings. The van der Waals surface area contributed by atoms with E-state index in [-0.39, 0.29) is 5.03 Å². The lowest BCUT2D eigenvalue weighted by atomic mass is 10.5. The Morgan fingerprint density at radius 2 is 1.88 bits per heavy atom. The average molecular weight is 150 g/mol. The van der Waals surface area contributed by atoms with E-state index in [4.69, 9.17) is 28.6 Å². The standard InChI is InChI=1S/C5H5Cl2N/c1-2-4(6)5(7)3-8/h2-3,8H,1H2/b5-4-,8-3?. The maximum atomic E-state index is 6.60.